The molecule has 1 unspecified atom stereocenters. The van der Waals surface area contributed by atoms with Crippen LogP contribution in [0.4, 0.5) is 4.79 Å². The molecular formula is C10H20N4O. The Hall–Kier alpha value is -1.26. The maximum atomic E-state index is 11.2. The lowest BCUT2D eigenvalue weighted by molar-refractivity contribution is 0.233. The number of hydrogen-bond acceptors (Lipinski definition) is 2. The Morgan fingerprint density at radius 3 is 2.47 bits per heavy atom. The summed E-state index contributed by atoms with van der Waals surface area (Å²) >= 11 is 0. The minimum Gasteiger partial charge on any atom is -0.386 e. The molecule has 2 amide bonds. The average molecular weight is 212 g/mol. The van der Waals surface area contributed by atoms with Gasteiger partial charge in [0.1, 0.15) is 5.84 Å². The normalized spacial score (nSPS) is 19.3. The van der Waals surface area contributed by atoms with Crippen LogP contribution in [0.15, 0.2) is 0 Å². The molecule has 1 fully saturated rings. The first-order valence-electron chi connectivity index (χ1n) is 5.47. The topological polar surface area (TPSA) is 91.0 Å². The molecule has 1 atom stereocenters. The maximum absolute atomic E-state index is 11.2. The van der Waals surface area contributed by atoms with Gasteiger partial charge < -0.3 is 16.4 Å². The van der Waals surface area contributed by atoms with E-state index in [0.29, 0.717) is 5.92 Å². The van der Waals surface area contributed by atoms with Gasteiger partial charge in [-0.25, -0.2) is 4.79 Å². The molecule has 0 spiro atoms. The van der Waals surface area contributed by atoms with Gasteiger partial charge in [-0.15, -0.1) is 0 Å². The smallest absolute Gasteiger partial charge is 0.315 e. The minimum absolute atomic E-state index is 0.0606. The zero-order valence-electron chi connectivity index (χ0n) is 9.18. The van der Waals surface area contributed by atoms with Crippen molar-refractivity contribution in [2.45, 2.75) is 38.1 Å². The second-order valence-corrected chi connectivity index (χ2v) is 4.05. The van der Waals surface area contributed by atoms with E-state index >= 15 is 0 Å². The summed E-state index contributed by atoms with van der Waals surface area (Å²) in [5.41, 5.74) is 5.51. The summed E-state index contributed by atoms with van der Waals surface area (Å²) in [5, 5.41) is 12.7. The summed E-state index contributed by atoms with van der Waals surface area (Å²) in [6.45, 7) is 0. The van der Waals surface area contributed by atoms with Crippen molar-refractivity contribution in [2.75, 3.05) is 7.05 Å². The zero-order valence-corrected chi connectivity index (χ0v) is 9.18. The van der Waals surface area contributed by atoms with Crippen molar-refractivity contribution < 1.29 is 4.79 Å². The van der Waals surface area contributed by atoms with Crippen molar-refractivity contribution in [1.29, 1.82) is 5.41 Å². The highest BCUT2D eigenvalue weighted by Gasteiger charge is 2.26. The van der Waals surface area contributed by atoms with Crippen molar-refractivity contribution in [3.8, 4) is 0 Å². The fraction of sp³-hybridized carbons (Fsp3) is 0.800. The molecule has 5 heteroatoms. The van der Waals surface area contributed by atoms with Crippen LogP contribution in [0.25, 0.3) is 0 Å². The Morgan fingerprint density at radius 2 is 2.00 bits per heavy atom. The van der Waals surface area contributed by atoms with Crippen molar-refractivity contribution in [3.05, 3.63) is 0 Å². The molecule has 15 heavy (non-hydrogen) atoms. The summed E-state index contributed by atoms with van der Waals surface area (Å²) in [5.74, 6) is 0.388. The van der Waals surface area contributed by atoms with Crippen LogP contribution in [-0.4, -0.2) is 25.0 Å². The van der Waals surface area contributed by atoms with Crippen LogP contribution in [0.5, 0.6) is 0 Å². The van der Waals surface area contributed by atoms with Gasteiger partial charge >= 0.3 is 6.03 Å². The number of urea groups is 1. The number of carbonyl (C=O) groups is 1. The first-order valence-corrected chi connectivity index (χ1v) is 5.47. The van der Waals surface area contributed by atoms with Crippen LogP contribution in [0, 0.1) is 11.3 Å². The van der Waals surface area contributed by atoms with E-state index in [4.69, 9.17) is 11.1 Å². The highest BCUT2D eigenvalue weighted by Crippen LogP contribution is 2.26. The number of nitrogens with two attached hydrogens (primary N) is 1. The predicted octanol–water partition coefficient (Wildman–Crippen LogP) is 0.800. The number of nitrogens with one attached hydrogen (secondary N) is 3. The number of amides is 2. The second-order valence-electron chi connectivity index (χ2n) is 4.05. The summed E-state index contributed by atoms with van der Waals surface area (Å²) in [6.07, 6.45) is 5.69. The highest BCUT2D eigenvalue weighted by molar-refractivity contribution is 5.87. The van der Waals surface area contributed by atoms with Gasteiger partial charge in [-0.1, -0.05) is 19.3 Å². The molecular weight excluding hydrogens is 192 g/mol. The Kier molecular flexibility index (Phi) is 4.39. The Morgan fingerprint density at radius 1 is 1.40 bits per heavy atom. The van der Waals surface area contributed by atoms with Gasteiger partial charge in [-0.3, -0.25) is 5.41 Å². The number of carbonyl (C=O) groups excluding carboxylic acids is 1. The summed E-state index contributed by atoms with van der Waals surface area (Å²) in [7, 11) is 1.56. The van der Waals surface area contributed by atoms with Crippen LogP contribution in [0.3, 0.4) is 0 Å². The van der Waals surface area contributed by atoms with Crippen molar-refractivity contribution in [2.24, 2.45) is 11.7 Å². The molecule has 1 aliphatic rings. The van der Waals surface area contributed by atoms with Crippen molar-refractivity contribution >= 4 is 11.9 Å². The molecule has 0 heterocycles. The summed E-state index contributed by atoms with van der Waals surface area (Å²) in [4.78, 5) is 11.2. The standard InChI is InChI=1S/C10H20N4O/c1-13-10(15)14-8(9(11)12)7-5-3-2-4-6-7/h7-8H,2-6H2,1H3,(H3,11,12)(H2,13,14,15). The van der Waals surface area contributed by atoms with E-state index < -0.39 is 0 Å². The highest BCUT2D eigenvalue weighted by atomic mass is 16.2. The van der Waals surface area contributed by atoms with Crippen molar-refractivity contribution in [1.82, 2.24) is 10.6 Å². The first-order chi connectivity index (χ1) is 7.15. The molecule has 0 aromatic carbocycles. The molecule has 0 saturated heterocycles. The van der Waals surface area contributed by atoms with Crippen LogP contribution in [0.2, 0.25) is 0 Å². The van der Waals surface area contributed by atoms with E-state index in [9.17, 15) is 4.79 Å². The van der Waals surface area contributed by atoms with Crippen LogP contribution in [0.1, 0.15) is 32.1 Å². The molecule has 0 radical (unpaired) electrons. The molecule has 1 rings (SSSR count). The molecule has 0 aromatic heterocycles. The zero-order chi connectivity index (χ0) is 11.3. The fourth-order valence-corrected chi connectivity index (χ4v) is 2.13. The predicted molar refractivity (Wildman–Crippen MR) is 59.9 cm³/mol. The largest absolute Gasteiger partial charge is 0.386 e. The third-order valence-electron chi connectivity index (χ3n) is 2.97. The molecule has 0 aromatic rings. The van der Waals surface area contributed by atoms with E-state index in [-0.39, 0.29) is 17.9 Å². The van der Waals surface area contributed by atoms with E-state index in [1.165, 1.54) is 19.3 Å². The quantitative estimate of drug-likeness (QED) is 0.411. The lowest BCUT2D eigenvalue weighted by atomic mass is 9.83. The third-order valence-corrected chi connectivity index (χ3v) is 2.97. The maximum Gasteiger partial charge on any atom is 0.315 e. The number of hydrogen-bond donors (Lipinski definition) is 4. The number of rotatable bonds is 3. The average Bonchev–Trinajstić information content (AvgIpc) is 2.26. The molecule has 0 aliphatic heterocycles. The lowest BCUT2D eigenvalue weighted by Gasteiger charge is -2.29. The van der Waals surface area contributed by atoms with Gasteiger partial charge in [0.2, 0.25) is 0 Å². The lowest BCUT2D eigenvalue weighted by Crippen LogP contribution is -2.51. The molecule has 5 N–H and O–H groups in total. The monoisotopic (exact) mass is 212 g/mol. The SMILES string of the molecule is CNC(=O)NC(C(=N)N)C1CCCCC1. The summed E-state index contributed by atoms with van der Waals surface area (Å²) < 4.78 is 0. The molecule has 1 saturated carbocycles. The van der Waals surface area contributed by atoms with Gasteiger partial charge in [-0.05, 0) is 18.8 Å². The van der Waals surface area contributed by atoms with Gasteiger partial charge in [0.05, 0.1) is 6.04 Å². The van der Waals surface area contributed by atoms with E-state index in [1.807, 2.05) is 0 Å². The van der Waals surface area contributed by atoms with E-state index in [2.05, 4.69) is 10.6 Å². The second kappa shape index (κ2) is 5.58. The van der Waals surface area contributed by atoms with Crippen LogP contribution >= 0.6 is 0 Å². The van der Waals surface area contributed by atoms with Gasteiger partial charge in [0.15, 0.2) is 0 Å². The Bertz CT molecular complexity index is 236. The Balaban J connectivity index is 2.55. The van der Waals surface area contributed by atoms with E-state index in [0.717, 1.165) is 12.8 Å². The molecule has 0 bridgehead atoms. The minimum atomic E-state index is -0.301. The van der Waals surface area contributed by atoms with Gasteiger partial charge in [0.25, 0.3) is 0 Å². The van der Waals surface area contributed by atoms with Gasteiger partial charge in [0, 0.05) is 7.05 Å². The molecule has 86 valence electrons. The van der Waals surface area contributed by atoms with E-state index in [1.54, 1.807) is 7.05 Å². The fourth-order valence-electron chi connectivity index (χ4n) is 2.13. The van der Waals surface area contributed by atoms with Crippen LogP contribution in [-0.2, 0) is 0 Å². The van der Waals surface area contributed by atoms with Crippen LogP contribution < -0.4 is 16.4 Å². The number of amidine groups is 1. The summed E-state index contributed by atoms with van der Waals surface area (Å²) in [6, 6.07) is -0.564. The molecule has 5 nitrogen and oxygen atoms in total. The third kappa shape index (κ3) is 3.42. The van der Waals surface area contributed by atoms with Crippen molar-refractivity contribution in [3.63, 3.8) is 0 Å². The Labute approximate surface area is 90.3 Å². The first kappa shape index (κ1) is 11.8. The van der Waals surface area contributed by atoms with Gasteiger partial charge in [-0.2, -0.15) is 0 Å². The molecule has 1 aliphatic carbocycles.